The lowest BCUT2D eigenvalue weighted by Crippen LogP contribution is -2.12. The van der Waals surface area contributed by atoms with Crippen molar-refractivity contribution in [1.82, 2.24) is 4.57 Å². The molecule has 2 aromatic rings. The summed E-state index contributed by atoms with van der Waals surface area (Å²) < 4.78 is 2.21. The van der Waals surface area contributed by atoms with E-state index in [4.69, 9.17) is 11.6 Å². The number of benzene rings is 1. The average molecular weight is 262 g/mol. The minimum Gasteiger partial charge on any atom is -0.388 e. The van der Waals surface area contributed by atoms with Gasteiger partial charge >= 0.3 is 0 Å². The predicted octanol–water partition coefficient (Wildman–Crippen LogP) is 3.56. The Morgan fingerprint density at radius 2 is 2.11 bits per heavy atom. The Labute approximate surface area is 112 Å². The molecule has 94 valence electrons. The van der Waals surface area contributed by atoms with Crippen molar-refractivity contribution >= 4 is 11.6 Å². The summed E-state index contributed by atoms with van der Waals surface area (Å²) >= 11 is 6.19. The molecular formula is C15H16ClNO. The van der Waals surface area contributed by atoms with Crippen molar-refractivity contribution in [2.75, 3.05) is 0 Å². The zero-order chi connectivity index (χ0) is 12.5. The highest BCUT2D eigenvalue weighted by molar-refractivity contribution is 6.31. The SMILES string of the molecule is OC1CCCc2c1ccn2Cc1ccccc1Cl. The Morgan fingerprint density at radius 3 is 2.94 bits per heavy atom. The van der Waals surface area contributed by atoms with E-state index < -0.39 is 0 Å². The molecule has 0 radical (unpaired) electrons. The van der Waals surface area contributed by atoms with Crippen LogP contribution in [0.25, 0.3) is 0 Å². The van der Waals surface area contributed by atoms with Gasteiger partial charge in [0, 0.05) is 29.0 Å². The van der Waals surface area contributed by atoms with E-state index in [1.165, 1.54) is 5.69 Å². The van der Waals surface area contributed by atoms with Crippen molar-refractivity contribution in [3.8, 4) is 0 Å². The van der Waals surface area contributed by atoms with E-state index in [-0.39, 0.29) is 6.10 Å². The van der Waals surface area contributed by atoms with Crippen LogP contribution in [0.15, 0.2) is 36.5 Å². The van der Waals surface area contributed by atoms with E-state index in [1.807, 2.05) is 30.3 Å². The van der Waals surface area contributed by atoms with Crippen LogP contribution in [0.1, 0.15) is 35.8 Å². The lowest BCUT2D eigenvalue weighted by Gasteiger charge is -2.20. The van der Waals surface area contributed by atoms with Gasteiger partial charge in [-0.1, -0.05) is 29.8 Å². The van der Waals surface area contributed by atoms with Gasteiger partial charge in [-0.15, -0.1) is 0 Å². The third-order valence-electron chi connectivity index (χ3n) is 3.66. The Kier molecular flexibility index (Phi) is 3.14. The number of hydrogen-bond acceptors (Lipinski definition) is 1. The van der Waals surface area contributed by atoms with Gasteiger partial charge in [0.1, 0.15) is 0 Å². The largest absolute Gasteiger partial charge is 0.388 e. The van der Waals surface area contributed by atoms with E-state index >= 15 is 0 Å². The van der Waals surface area contributed by atoms with Gasteiger partial charge in [-0.3, -0.25) is 0 Å². The van der Waals surface area contributed by atoms with E-state index in [0.717, 1.165) is 42.0 Å². The van der Waals surface area contributed by atoms with Gasteiger partial charge in [0.2, 0.25) is 0 Å². The molecule has 1 N–H and O–H groups in total. The minimum atomic E-state index is -0.291. The van der Waals surface area contributed by atoms with Gasteiger partial charge in [0.05, 0.1) is 6.10 Å². The fraction of sp³-hybridized carbons (Fsp3) is 0.333. The van der Waals surface area contributed by atoms with Crippen LogP contribution in [0.5, 0.6) is 0 Å². The molecule has 1 heterocycles. The Bertz CT molecular complexity index is 561. The second kappa shape index (κ2) is 4.79. The molecule has 0 bridgehead atoms. The topological polar surface area (TPSA) is 25.2 Å². The predicted molar refractivity (Wildman–Crippen MR) is 72.9 cm³/mol. The van der Waals surface area contributed by atoms with Gasteiger partial charge in [-0.05, 0) is 37.0 Å². The Morgan fingerprint density at radius 1 is 1.28 bits per heavy atom. The highest BCUT2D eigenvalue weighted by Gasteiger charge is 2.21. The standard InChI is InChI=1S/C15H16ClNO/c16-13-5-2-1-4-11(13)10-17-9-8-12-14(17)6-3-7-15(12)18/h1-2,4-5,8-9,15,18H,3,6-7,10H2. The number of aliphatic hydroxyl groups excluding tert-OH is 1. The summed E-state index contributed by atoms with van der Waals surface area (Å²) in [6.45, 7) is 0.779. The number of halogens is 1. The molecule has 1 aromatic heterocycles. The van der Waals surface area contributed by atoms with Crippen LogP contribution < -0.4 is 0 Å². The summed E-state index contributed by atoms with van der Waals surface area (Å²) in [6.07, 6.45) is 4.75. The molecule has 0 aliphatic heterocycles. The van der Waals surface area contributed by atoms with Crippen molar-refractivity contribution in [1.29, 1.82) is 0 Å². The first kappa shape index (κ1) is 11.8. The number of aromatic nitrogens is 1. The van der Waals surface area contributed by atoms with E-state index in [9.17, 15) is 5.11 Å². The minimum absolute atomic E-state index is 0.291. The summed E-state index contributed by atoms with van der Waals surface area (Å²) in [4.78, 5) is 0. The summed E-state index contributed by atoms with van der Waals surface area (Å²) in [5.74, 6) is 0. The Hall–Kier alpha value is -1.25. The quantitative estimate of drug-likeness (QED) is 0.879. The third kappa shape index (κ3) is 2.06. The second-order valence-corrected chi connectivity index (χ2v) is 5.25. The molecule has 2 nitrogen and oxygen atoms in total. The zero-order valence-electron chi connectivity index (χ0n) is 10.1. The molecule has 0 fully saturated rings. The van der Waals surface area contributed by atoms with Crippen molar-refractivity contribution < 1.29 is 5.11 Å². The van der Waals surface area contributed by atoms with Crippen LogP contribution in [-0.2, 0) is 13.0 Å². The van der Waals surface area contributed by atoms with Crippen LogP contribution in [0.3, 0.4) is 0 Å². The number of aliphatic hydroxyl groups is 1. The van der Waals surface area contributed by atoms with Crippen molar-refractivity contribution in [2.24, 2.45) is 0 Å². The summed E-state index contributed by atoms with van der Waals surface area (Å²) in [5.41, 5.74) is 3.47. The number of hydrogen-bond donors (Lipinski definition) is 1. The van der Waals surface area contributed by atoms with Crippen LogP contribution >= 0.6 is 11.6 Å². The molecule has 0 amide bonds. The molecular weight excluding hydrogens is 246 g/mol. The normalized spacial score (nSPS) is 18.7. The Balaban J connectivity index is 1.92. The van der Waals surface area contributed by atoms with Crippen molar-refractivity contribution in [3.63, 3.8) is 0 Å². The molecule has 1 aliphatic carbocycles. The number of nitrogens with zero attached hydrogens (tertiary/aromatic N) is 1. The highest BCUT2D eigenvalue weighted by atomic mass is 35.5. The maximum atomic E-state index is 9.96. The first-order valence-corrected chi connectivity index (χ1v) is 6.73. The monoisotopic (exact) mass is 261 g/mol. The summed E-state index contributed by atoms with van der Waals surface area (Å²) in [6, 6.07) is 9.96. The van der Waals surface area contributed by atoms with Gasteiger partial charge in [-0.2, -0.15) is 0 Å². The molecule has 3 heteroatoms. The lowest BCUT2D eigenvalue weighted by molar-refractivity contribution is 0.156. The van der Waals surface area contributed by atoms with E-state index in [1.54, 1.807) is 0 Å². The van der Waals surface area contributed by atoms with Crippen molar-refractivity contribution in [3.05, 3.63) is 58.4 Å². The molecule has 1 unspecified atom stereocenters. The third-order valence-corrected chi connectivity index (χ3v) is 4.03. The molecule has 0 saturated carbocycles. The van der Waals surface area contributed by atoms with Crippen molar-refractivity contribution in [2.45, 2.75) is 31.9 Å². The second-order valence-electron chi connectivity index (χ2n) is 4.85. The molecule has 18 heavy (non-hydrogen) atoms. The molecule has 3 rings (SSSR count). The van der Waals surface area contributed by atoms with Gasteiger partial charge < -0.3 is 9.67 Å². The van der Waals surface area contributed by atoms with Crippen LogP contribution in [0, 0.1) is 0 Å². The smallest absolute Gasteiger partial charge is 0.0807 e. The van der Waals surface area contributed by atoms with Crippen LogP contribution in [0.2, 0.25) is 5.02 Å². The van der Waals surface area contributed by atoms with E-state index in [0.29, 0.717) is 0 Å². The van der Waals surface area contributed by atoms with E-state index in [2.05, 4.69) is 10.8 Å². The zero-order valence-corrected chi connectivity index (χ0v) is 10.9. The lowest BCUT2D eigenvalue weighted by atomic mass is 9.95. The van der Waals surface area contributed by atoms with Gasteiger partial charge in [0.25, 0.3) is 0 Å². The molecule has 1 aromatic carbocycles. The summed E-state index contributed by atoms with van der Waals surface area (Å²) in [7, 11) is 0. The number of rotatable bonds is 2. The fourth-order valence-corrected chi connectivity index (χ4v) is 2.89. The number of fused-ring (bicyclic) bond motifs is 1. The summed E-state index contributed by atoms with van der Waals surface area (Å²) in [5, 5.41) is 10.8. The molecule has 0 spiro atoms. The maximum Gasteiger partial charge on any atom is 0.0807 e. The highest BCUT2D eigenvalue weighted by Crippen LogP contribution is 2.31. The molecule has 0 saturated heterocycles. The molecule has 1 aliphatic rings. The fourth-order valence-electron chi connectivity index (χ4n) is 2.69. The first-order chi connectivity index (χ1) is 8.75. The maximum absolute atomic E-state index is 9.96. The van der Waals surface area contributed by atoms with Gasteiger partial charge in [0.15, 0.2) is 0 Å². The molecule has 1 atom stereocenters. The van der Waals surface area contributed by atoms with Gasteiger partial charge in [-0.25, -0.2) is 0 Å². The van der Waals surface area contributed by atoms with Crippen LogP contribution in [0.4, 0.5) is 0 Å². The first-order valence-electron chi connectivity index (χ1n) is 6.35. The average Bonchev–Trinajstić information content (AvgIpc) is 2.77. The van der Waals surface area contributed by atoms with Crippen LogP contribution in [-0.4, -0.2) is 9.67 Å².